The number of carbonyl (C=O) groups excluding carboxylic acids is 2. The number of hydrogen-bond donors (Lipinski definition) is 0. The molecule has 190 valence electrons. The molecule has 8 heteroatoms. The smallest absolute Gasteiger partial charge is 0.419 e. The van der Waals surface area contributed by atoms with Crippen molar-refractivity contribution >= 4 is 11.7 Å². The average molecular weight is 494 g/mol. The number of halogens is 4. The Morgan fingerprint density at radius 2 is 1.74 bits per heavy atom. The third-order valence-corrected chi connectivity index (χ3v) is 5.75. The summed E-state index contributed by atoms with van der Waals surface area (Å²) in [5.41, 5.74) is 0.714. The van der Waals surface area contributed by atoms with Crippen molar-refractivity contribution in [1.82, 2.24) is 4.90 Å². The van der Waals surface area contributed by atoms with Crippen molar-refractivity contribution in [2.45, 2.75) is 59.2 Å². The van der Waals surface area contributed by atoms with Crippen molar-refractivity contribution in [1.29, 1.82) is 0 Å². The van der Waals surface area contributed by atoms with Crippen molar-refractivity contribution < 1.29 is 31.9 Å². The molecule has 0 fully saturated rings. The van der Waals surface area contributed by atoms with Crippen LogP contribution in [0.1, 0.15) is 56.7 Å². The number of rotatable bonds is 7. The number of carbonyl (C=O) groups is 2. The predicted octanol–water partition coefficient (Wildman–Crippen LogP) is 7.11. The lowest BCUT2D eigenvalue weighted by atomic mass is 9.95. The van der Waals surface area contributed by atoms with Crippen LogP contribution in [0.4, 0.5) is 17.6 Å². The summed E-state index contributed by atoms with van der Waals surface area (Å²) in [6.45, 7) is 9.89. The van der Waals surface area contributed by atoms with E-state index in [-0.39, 0.29) is 23.4 Å². The number of alkyl halides is 3. The molecule has 2 aromatic rings. The molecule has 1 atom stereocenters. The SMILES string of the molecule is C=CC(C)=O.CCCC(CC)C(=O)N1CCc2ccc(Oc3ccc(C(F)(F)F)c(F)c3)cc2C1. The fraction of sp³-hybridized carbons (Fsp3) is 0.407. The molecule has 0 aromatic heterocycles. The van der Waals surface area contributed by atoms with Crippen molar-refractivity contribution in [3.8, 4) is 11.5 Å². The van der Waals surface area contributed by atoms with E-state index in [1.165, 1.54) is 13.0 Å². The molecule has 4 nitrogen and oxygen atoms in total. The molecule has 0 aliphatic carbocycles. The monoisotopic (exact) mass is 493 g/mol. The molecule has 0 radical (unpaired) electrons. The van der Waals surface area contributed by atoms with Crippen LogP contribution in [0, 0.1) is 11.7 Å². The number of amides is 1. The van der Waals surface area contributed by atoms with Gasteiger partial charge < -0.3 is 9.64 Å². The molecule has 0 bridgehead atoms. The van der Waals surface area contributed by atoms with E-state index in [0.29, 0.717) is 24.9 Å². The standard InChI is InChI=1S/C23H25F4NO2.C4H6O/c1-3-5-15(4-2)22(29)28-11-10-16-6-7-18(12-17(16)14-28)30-19-8-9-20(21(24)13-19)23(25,26)27;1-3-4(2)5/h6-9,12-13,15H,3-5,10-11,14H2,1-2H3;3H,1H2,2H3. The predicted molar refractivity (Wildman–Crippen MR) is 127 cm³/mol. The molecule has 0 N–H and O–H groups in total. The molecule has 1 amide bonds. The van der Waals surface area contributed by atoms with Crippen LogP contribution in [0.5, 0.6) is 11.5 Å². The number of hydrogen-bond acceptors (Lipinski definition) is 3. The van der Waals surface area contributed by atoms with Crippen molar-refractivity contribution in [3.05, 3.63) is 71.6 Å². The highest BCUT2D eigenvalue weighted by molar-refractivity contribution is 5.86. The van der Waals surface area contributed by atoms with Gasteiger partial charge in [0.25, 0.3) is 0 Å². The first kappa shape index (κ1) is 28.1. The largest absolute Gasteiger partial charge is 0.457 e. The van der Waals surface area contributed by atoms with Crippen LogP contribution in [0.2, 0.25) is 0 Å². The second-order valence-corrected chi connectivity index (χ2v) is 8.39. The molecular formula is C27H31F4NO3. The summed E-state index contributed by atoms with van der Waals surface area (Å²) < 4.78 is 57.5. The number of benzene rings is 2. The first-order valence-corrected chi connectivity index (χ1v) is 11.6. The van der Waals surface area contributed by atoms with Gasteiger partial charge in [-0.05, 0) is 67.7 Å². The number of allylic oxidation sites excluding steroid dienone is 1. The van der Waals surface area contributed by atoms with Gasteiger partial charge in [-0.15, -0.1) is 0 Å². The number of nitrogens with zero attached hydrogens (tertiary/aromatic N) is 1. The van der Waals surface area contributed by atoms with Crippen molar-refractivity contribution in [2.75, 3.05) is 6.54 Å². The van der Waals surface area contributed by atoms with Gasteiger partial charge in [-0.3, -0.25) is 9.59 Å². The Bertz CT molecular complexity index is 1050. The lowest BCUT2D eigenvalue weighted by molar-refractivity contribution is -0.140. The molecule has 0 saturated heterocycles. The number of ketones is 1. The normalized spacial score (nSPS) is 13.7. The molecule has 0 spiro atoms. The highest BCUT2D eigenvalue weighted by atomic mass is 19.4. The lowest BCUT2D eigenvalue weighted by Crippen LogP contribution is -2.39. The van der Waals surface area contributed by atoms with E-state index in [4.69, 9.17) is 4.74 Å². The van der Waals surface area contributed by atoms with Gasteiger partial charge in [0.2, 0.25) is 5.91 Å². The summed E-state index contributed by atoms with van der Waals surface area (Å²) in [7, 11) is 0. The summed E-state index contributed by atoms with van der Waals surface area (Å²) >= 11 is 0. The van der Waals surface area contributed by atoms with E-state index >= 15 is 0 Å². The summed E-state index contributed by atoms with van der Waals surface area (Å²) in [6, 6.07) is 7.85. The molecule has 1 aliphatic heterocycles. The minimum Gasteiger partial charge on any atom is -0.457 e. The zero-order valence-corrected chi connectivity index (χ0v) is 20.3. The second-order valence-electron chi connectivity index (χ2n) is 8.39. The van der Waals surface area contributed by atoms with Crippen LogP contribution < -0.4 is 4.74 Å². The maximum atomic E-state index is 13.8. The van der Waals surface area contributed by atoms with Gasteiger partial charge in [0, 0.05) is 25.1 Å². The number of fused-ring (bicyclic) bond motifs is 1. The lowest BCUT2D eigenvalue weighted by Gasteiger charge is -2.32. The molecule has 1 aliphatic rings. The topological polar surface area (TPSA) is 46.6 Å². The molecule has 0 saturated carbocycles. The van der Waals surface area contributed by atoms with Gasteiger partial charge in [-0.25, -0.2) is 4.39 Å². The van der Waals surface area contributed by atoms with Crippen molar-refractivity contribution in [3.63, 3.8) is 0 Å². The second kappa shape index (κ2) is 12.5. The summed E-state index contributed by atoms with van der Waals surface area (Å²) in [6.07, 6.45) is -0.117. The summed E-state index contributed by atoms with van der Waals surface area (Å²) in [5.74, 6) is -0.811. The Labute approximate surface area is 203 Å². The molecule has 35 heavy (non-hydrogen) atoms. The van der Waals surface area contributed by atoms with Crippen LogP contribution >= 0.6 is 0 Å². The van der Waals surface area contributed by atoms with Gasteiger partial charge >= 0.3 is 6.18 Å². The van der Waals surface area contributed by atoms with Gasteiger partial charge in [0.05, 0.1) is 5.56 Å². The summed E-state index contributed by atoms with van der Waals surface area (Å²) in [5, 5.41) is 0. The Balaban J connectivity index is 0.000000784. The van der Waals surface area contributed by atoms with Crippen LogP contribution in [-0.4, -0.2) is 23.1 Å². The van der Waals surface area contributed by atoms with Gasteiger partial charge in [-0.1, -0.05) is 32.9 Å². The quantitative estimate of drug-likeness (QED) is 0.305. The first-order valence-electron chi connectivity index (χ1n) is 11.6. The Kier molecular flexibility index (Phi) is 10.0. The maximum Gasteiger partial charge on any atom is 0.419 e. The zero-order chi connectivity index (χ0) is 26.2. The van der Waals surface area contributed by atoms with Gasteiger partial charge in [-0.2, -0.15) is 13.2 Å². The number of ether oxygens (including phenoxy) is 1. The fourth-order valence-electron chi connectivity index (χ4n) is 3.82. The molecule has 2 aromatic carbocycles. The third-order valence-electron chi connectivity index (χ3n) is 5.75. The Morgan fingerprint density at radius 1 is 1.11 bits per heavy atom. The minimum absolute atomic E-state index is 0.0156. The van der Waals surface area contributed by atoms with E-state index < -0.39 is 17.6 Å². The molecule has 1 heterocycles. The molecule has 3 rings (SSSR count). The van der Waals surface area contributed by atoms with Crippen molar-refractivity contribution in [2.24, 2.45) is 5.92 Å². The van der Waals surface area contributed by atoms with Crippen LogP contribution in [0.3, 0.4) is 0 Å². The van der Waals surface area contributed by atoms with Crippen LogP contribution in [0.25, 0.3) is 0 Å². The van der Waals surface area contributed by atoms with Gasteiger partial charge in [0.1, 0.15) is 17.3 Å². The van der Waals surface area contributed by atoms with E-state index in [0.717, 1.165) is 48.9 Å². The Hall–Kier alpha value is -3.16. The third kappa shape index (κ3) is 7.94. The van der Waals surface area contributed by atoms with E-state index in [1.807, 2.05) is 17.9 Å². The van der Waals surface area contributed by atoms with Crippen LogP contribution in [0.15, 0.2) is 49.1 Å². The van der Waals surface area contributed by atoms with E-state index in [2.05, 4.69) is 13.5 Å². The average Bonchev–Trinajstić information content (AvgIpc) is 2.81. The molecule has 1 unspecified atom stereocenters. The fourth-order valence-corrected chi connectivity index (χ4v) is 3.82. The van der Waals surface area contributed by atoms with Crippen LogP contribution in [-0.2, 0) is 28.7 Å². The van der Waals surface area contributed by atoms with Gasteiger partial charge in [0.15, 0.2) is 5.78 Å². The summed E-state index contributed by atoms with van der Waals surface area (Å²) in [4.78, 5) is 24.4. The highest BCUT2D eigenvalue weighted by Crippen LogP contribution is 2.34. The highest BCUT2D eigenvalue weighted by Gasteiger charge is 2.34. The van der Waals surface area contributed by atoms with E-state index in [1.54, 1.807) is 12.1 Å². The maximum absolute atomic E-state index is 13.8. The zero-order valence-electron chi connectivity index (χ0n) is 20.3. The minimum atomic E-state index is -4.75. The molecular weight excluding hydrogens is 462 g/mol. The first-order chi connectivity index (χ1) is 16.5. The Morgan fingerprint density at radius 3 is 2.29 bits per heavy atom. The van der Waals surface area contributed by atoms with E-state index in [9.17, 15) is 27.2 Å².